The molecule has 31 heavy (non-hydrogen) atoms. The summed E-state index contributed by atoms with van der Waals surface area (Å²) >= 11 is 6.26. The number of anilines is 2. The molecule has 2 N–H and O–H groups in total. The van der Waals surface area contributed by atoms with E-state index in [0.717, 1.165) is 58.7 Å². The molecule has 1 saturated heterocycles. The van der Waals surface area contributed by atoms with Gasteiger partial charge in [0, 0.05) is 35.4 Å². The molecule has 0 bridgehead atoms. The van der Waals surface area contributed by atoms with Gasteiger partial charge in [-0.15, -0.1) is 10.2 Å². The largest absolute Gasteiger partial charge is 0.393 e. The first kappa shape index (κ1) is 21.4. The van der Waals surface area contributed by atoms with E-state index in [-0.39, 0.29) is 6.10 Å². The standard InChI is InChI=1S/C24H26ClN5O/c1-15-4-5-17(12-22(15)25)14-27-23-21-13-19(26-3)6-7-20(21)24(29-28-23)30-10-8-18(9-11-30)16(2)31/h4-7,12-13,16,18,31H,8-11,14H2,1-2H3,(H,27,28). The van der Waals surface area contributed by atoms with Gasteiger partial charge in [-0.3, -0.25) is 0 Å². The molecule has 0 radical (unpaired) electrons. The minimum absolute atomic E-state index is 0.284. The Morgan fingerprint density at radius 2 is 1.97 bits per heavy atom. The van der Waals surface area contributed by atoms with E-state index in [1.165, 1.54) is 0 Å². The van der Waals surface area contributed by atoms with Crippen molar-refractivity contribution in [2.24, 2.45) is 5.92 Å². The normalized spacial score (nSPS) is 15.6. The van der Waals surface area contributed by atoms with Crippen molar-refractivity contribution in [3.05, 3.63) is 64.0 Å². The summed E-state index contributed by atoms with van der Waals surface area (Å²) in [4.78, 5) is 5.82. The number of nitrogens with zero attached hydrogens (tertiary/aromatic N) is 4. The molecule has 0 amide bonds. The minimum atomic E-state index is -0.284. The number of aryl methyl sites for hydroxylation is 1. The lowest BCUT2D eigenvalue weighted by Gasteiger charge is -2.34. The molecule has 0 aliphatic carbocycles. The lowest BCUT2D eigenvalue weighted by Crippen LogP contribution is -2.37. The van der Waals surface area contributed by atoms with Crippen molar-refractivity contribution in [2.75, 3.05) is 23.3 Å². The average Bonchev–Trinajstić information content (AvgIpc) is 2.79. The van der Waals surface area contributed by atoms with Crippen molar-refractivity contribution in [1.29, 1.82) is 0 Å². The highest BCUT2D eigenvalue weighted by atomic mass is 35.5. The van der Waals surface area contributed by atoms with E-state index >= 15 is 0 Å². The average molecular weight is 436 g/mol. The van der Waals surface area contributed by atoms with E-state index in [9.17, 15) is 5.11 Å². The molecule has 2 heterocycles. The molecule has 7 heteroatoms. The Labute approximate surface area is 187 Å². The minimum Gasteiger partial charge on any atom is -0.393 e. The van der Waals surface area contributed by atoms with Crippen molar-refractivity contribution in [3.63, 3.8) is 0 Å². The van der Waals surface area contributed by atoms with E-state index in [0.29, 0.717) is 24.0 Å². The number of fused-ring (bicyclic) bond motifs is 1. The Morgan fingerprint density at radius 3 is 2.65 bits per heavy atom. The molecule has 6 nitrogen and oxygen atoms in total. The Kier molecular flexibility index (Phi) is 6.26. The molecule has 1 fully saturated rings. The van der Waals surface area contributed by atoms with Crippen LogP contribution in [0.1, 0.15) is 30.9 Å². The first-order valence-corrected chi connectivity index (χ1v) is 10.9. The summed E-state index contributed by atoms with van der Waals surface area (Å²) in [6, 6.07) is 11.6. The topological polar surface area (TPSA) is 65.6 Å². The second-order valence-electron chi connectivity index (χ2n) is 8.22. The monoisotopic (exact) mass is 435 g/mol. The zero-order valence-corrected chi connectivity index (χ0v) is 18.5. The predicted molar refractivity (Wildman–Crippen MR) is 126 cm³/mol. The van der Waals surface area contributed by atoms with Crippen molar-refractivity contribution < 1.29 is 5.11 Å². The summed E-state index contributed by atoms with van der Waals surface area (Å²) in [5.74, 6) is 1.81. The molecule has 1 aliphatic heterocycles. The SMILES string of the molecule is [C-]#[N+]c1ccc2c(N3CCC(C(C)O)CC3)nnc(NCc3ccc(C)c(Cl)c3)c2c1. The Morgan fingerprint density at radius 1 is 1.19 bits per heavy atom. The highest BCUT2D eigenvalue weighted by Crippen LogP contribution is 2.34. The van der Waals surface area contributed by atoms with Crippen LogP contribution in [0.3, 0.4) is 0 Å². The number of halogens is 1. The maximum absolute atomic E-state index is 9.89. The third-order valence-corrected chi connectivity index (χ3v) is 6.50. The molecule has 0 spiro atoms. The van der Waals surface area contributed by atoms with Crippen molar-refractivity contribution in [3.8, 4) is 0 Å². The van der Waals surface area contributed by atoms with Gasteiger partial charge in [0.15, 0.2) is 17.3 Å². The van der Waals surface area contributed by atoms with Gasteiger partial charge >= 0.3 is 0 Å². The zero-order valence-electron chi connectivity index (χ0n) is 17.8. The maximum Gasteiger partial charge on any atom is 0.188 e. The first-order chi connectivity index (χ1) is 15.0. The number of hydrogen-bond acceptors (Lipinski definition) is 5. The summed E-state index contributed by atoms with van der Waals surface area (Å²) in [5.41, 5.74) is 2.66. The van der Waals surface area contributed by atoms with E-state index < -0.39 is 0 Å². The van der Waals surface area contributed by atoms with Crippen molar-refractivity contribution in [2.45, 2.75) is 39.3 Å². The van der Waals surface area contributed by atoms with Gasteiger partial charge in [-0.1, -0.05) is 35.9 Å². The van der Waals surface area contributed by atoms with Gasteiger partial charge in [-0.2, -0.15) is 0 Å². The number of aromatic nitrogens is 2. The summed E-state index contributed by atoms with van der Waals surface area (Å²) in [6.45, 7) is 13.5. The fraction of sp³-hybridized carbons (Fsp3) is 0.375. The molecule has 160 valence electrons. The molecule has 1 atom stereocenters. The Hall–Kier alpha value is -2.88. The van der Waals surface area contributed by atoms with E-state index in [1.807, 2.05) is 50.2 Å². The quantitative estimate of drug-likeness (QED) is 0.528. The fourth-order valence-electron chi connectivity index (χ4n) is 4.09. The third kappa shape index (κ3) is 4.58. The molecule has 3 aromatic rings. The number of rotatable bonds is 5. The van der Waals surface area contributed by atoms with Crippen LogP contribution in [0.5, 0.6) is 0 Å². The van der Waals surface area contributed by atoms with Crippen LogP contribution < -0.4 is 10.2 Å². The van der Waals surface area contributed by atoms with Gasteiger partial charge in [-0.25, -0.2) is 4.85 Å². The van der Waals surface area contributed by atoms with Crippen LogP contribution in [0.25, 0.3) is 15.6 Å². The lowest BCUT2D eigenvalue weighted by atomic mass is 9.92. The molecule has 1 aliphatic rings. The van der Waals surface area contributed by atoms with Gasteiger partial charge in [0.2, 0.25) is 0 Å². The molecule has 4 rings (SSSR count). The number of aliphatic hydroxyl groups is 1. The lowest BCUT2D eigenvalue weighted by molar-refractivity contribution is 0.110. The number of nitrogens with one attached hydrogen (secondary N) is 1. The van der Waals surface area contributed by atoms with Gasteiger partial charge in [0.05, 0.1) is 12.7 Å². The van der Waals surface area contributed by atoms with Crippen LogP contribution in [0, 0.1) is 19.4 Å². The third-order valence-electron chi connectivity index (χ3n) is 6.09. The van der Waals surface area contributed by atoms with Gasteiger partial charge in [-0.05, 0) is 55.9 Å². The van der Waals surface area contributed by atoms with Gasteiger partial charge in [0.1, 0.15) is 0 Å². The highest BCUT2D eigenvalue weighted by Gasteiger charge is 2.25. The molecular formula is C24H26ClN5O. The zero-order chi connectivity index (χ0) is 22.0. The van der Waals surface area contributed by atoms with Crippen LogP contribution in [0.4, 0.5) is 17.3 Å². The van der Waals surface area contributed by atoms with Crippen LogP contribution in [-0.2, 0) is 6.54 Å². The summed E-state index contributed by atoms with van der Waals surface area (Å²) < 4.78 is 0. The maximum atomic E-state index is 9.89. The van der Waals surface area contributed by atoms with Gasteiger partial charge in [0.25, 0.3) is 0 Å². The van der Waals surface area contributed by atoms with Crippen LogP contribution in [0.15, 0.2) is 36.4 Å². The predicted octanol–water partition coefficient (Wildman–Crippen LogP) is 5.35. The number of hydrogen-bond donors (Lipinski definition) is 2. The van der Waals surface area contributed by atoms with Crippen LogP contribution in [0.2, 0.25) is 5.02 Å². The first-order valence-electron chi connectivity index (χ1n) is 10.6. The molecule has 1 unspecified atom stereocenters. The van der Waals surface area contributed by atoms with Gasteiger partial charge < -0.3 is 15.3 Å². The number of benzene rings is 2. The van der Waals surface area contributed by atoms with Crippen LogP contribution >= 0.6 is 11.6 Å². The number of aliphatic hydroxyl groups excluding tert-OH is 1. The van der Waals surface area contributed by atoms with Crippen molar-refractivity contribution in [1.82, 2.24) is 10.2 Å². The Balaban J connectivity index is 1.63. The molecule has 2 aromatic carbocycles. The van der Waals surface area contributed by atoms with E-state index in [4.69, 9.17) is 18.2 Å². The van der Waals surface area contributed by atoms with E-state index in [2.05, 4.69) is 25.3 Å². The fourth-order valence-corrected chi connectivity index (χ4v) is 4.29. The molecular weight excluding hydrogens is 410 g/mol. The van der Waals surface area contributed by atoms with E-state index in [1.54, 1.807) is 0 Å². The summed E-state index contributed by atoms with van der Waals surface area (Å²) in [5, 5.41) is 24.9. The second-order valence-corrected chi connectivity index (χ2v) is 8.62. The second kappa shape index (κ2) is 9.09. The summed E-state index contributed by atoms with van der Waals surface area (Å²) in [7, 11) is 0. The highest BCUT2D eigenvalue weighted by molar-refractivity contribution is 6.31. The van der Waals surface area contributed by atoms with Crippen LogP contribution in [-0.4, -0.2) is 34.5 Å². The summed E-state index contributed by atoms with van der Waals surface area (Å²) in [6.07, 6.45) is 1.57. The number of piperidine rings is 1. The van der Waals surface area contributed by atoms with Crippen molar-refractivity contribution >= 4 is 39.7 Å². The smallest absolute Gasteiger partial charge is 0.188 e. The Bertz CT molecular complexity index is 1130. The molecule has 1 aromatic heterocycles. The molecule has 0 saturated carbocycles.